The number of methoxy groups -OCH3 is 1. The second kappa shape index (κ2) is 9.53. The van der Waals surface area contributed by atoms with Crippen LogP contribution in [0.4, 0.5) is 0 Å². The summed E-state index contributed by atoms with van der Waals surface area (Å²) in [5, 5.41) is 0. The summed E-state index contributed by atoms with van der Waals surface area (Å²) in [6.07, 6.45) is 4.82. The van der Waals surface area contributed by atoms with Crippen molar-refractivity contribution < 1.29 is 9.53 Å². The molecule has 2 aromatic heterocycles. The molecule has 0 unspecified atom stereocenters. The van der Waals surface area contributed by atoms with Crippen molar-refractivity contribution in [1.29, 1.82) is 0 Å². The average Bonchev–Trinajstić information content (AvgIpc) is 2.80. The number of amides is 1. The van der Waals surface area contributed by atoms with Gasteiger partial charge in [-0.1, -0.05) is 24.3 Å². The Labute approximate surface area is 177 Å². The molecule has 1 amide bonds. The monoisotopic (exact) mass is 401 g/mol. The van der Waals surface area contributed by atoms with Crippen molar-refractivity contribution in [2.45, 2.75) is 31.6 Å². The van der Waals surface area contributed by atoms with E-state index in [2.05, 4.69) is 35.3 Å². The standard InChI is InChI=1S/C25H27N3O2/c1-30-23-10-8-19(9-11-23)17-22-6-4-7-24(27-22)20-12-15-28(16-13-20)25(29)18-21-5-2-3-14-26-21/h2-11,14,20H,12-13,15-18H2,1H3. The fraction of sp³-hybridized carbons (Fsp3) is 0.320. The summed E-state index contributed by atoms with van der Waals surface area (Å²) in [6.45, 7) is 1.56. The van der Waals surface area contributed by atoms with Gasteiger partial charge in [-0.3, -0.25) is 14.8 Å². The molecule has 1 aliphatic heterocycles. The minimum atomic E-state index is 0.161. The van der Waals surface area contributed by atoms with Crippen molar-refractivity contribution in [3.63, 3.8) is 0 Å². The van der Waals surface area contributed by atoms with Crippen molar-refractivity contribution in [2.75, 3.05) is 20.2 Å². The van der Waals surface area contributed by atoms with Crippen LogP contribution in [0.5, 0.6) is 5.75 Å². The number of aromatic nitrogens is 2. The molecule has 3 heterocycles. The fourth-order valence-corrected chi connectivity index (χ4v) is 3.97. The van der Waals surface area contributed by atoms with Crippen molar-refractivity contribution in [2.24, 2.45) is 0 Å². The second-order valence-electron chi connectivity index (χ2n) is 7.73. The lowest BCUT2D eigenvalue weighted by atomic mass is 9.92. The van der Waals surface area contributed by atoms with Crippen LogP contribution in [0, 0.1) is 0 Å². The maximum Gasteiger partial charge on any atom is 0.228 e. The number of hydrogen-bond donors (Lipinski definition) is 0. The predicted octanol–water partition coefficient (Wildman–Crippen LogP) is 4.02. The third-order valence-electron chi connectivity index (χ3n) is 5.70. The zero-order valence-electron chi connectivity index (χ0n) is 17.3. The maximum atomic E-state index is 12.6. The Balaban J connectivity index is 1.34. The number of nitrogens with zero attached hydrogens (tertiary/aromatic N) is 3. The van der Waals surface area contributed by atoms with E-state index >= 15 is 0 Å². The van der Waals surface area contributed by atoms with Gasteiger partial charge in [0.1, 0.15) is 5.75 Å². The first-order chi connectivity index (χ1) is 14.7. The maximum absolute atomic E-state index is 12.6. The molecular formula is C25H27N3O2. The molecule has 5 heteroatoms. The van der Waals surface area contributed by atoms with Crippen LogP contribution < -0.4 is 4.74 Å². The highest BCUT2D eigenvalue weighted by atomic mass is 16.5. The number of likely N-dealkylation sites (tertiary alicyclic amines) is 1. The molecule has 0 aliphatic carbocycles. The molecule has 5 nitrogen and oxygen atoms in total. The van der Waals surface area contributed by atoms with E-state index in [1.54, 1.807) is 13.3 Å². The molecule has 1 aromatic carbocycles. The Bertz CT molecular complexity index is 965. The molecule has 1 fully saturated rings. The van der Waals surface area contributed by atoms with Gasteiger partial charge >= 0.3 is 0 Å². The van der Waals surface area contributed by atoms with E-state index in [1.807, 2.05) is 35.2 Å². The van der Waals surface area contributed by atoms with Gasteiger partial charge in [-0.05, 0) is 54.8 Å². The Morgan fingerprint density at radius 1 is 1.00 bits per heavy atom. The number of carbonyl (C=O) groups excluding carboxylic acids is 1. The van der Waals surface area contributed by atoms with E-state index in [1.165, 1.54) is 5.56 Å². The van der Waals surface area contributed by atoms with Gasteiger partial charge in [-0.2, -0.15) is 0 Å². The smallest absolute Gasteiger partial charge is 0.228 e. The Morgan fingerprint density at radius 3 is 2.47 bits per heavy atom. The van der Waals surface area contributed by atoms with E-state index in [9.17, 15) is 4.79 Å². The largest absolute Gasteiger partial charge is 0.497 e. The molecule has 0 atom stereocenters. The molecule has 4 rings (SSSR count). The van der Waals surface area contributed by atoms with Gasteiger partial charge in [-0.25, -0.2) is 0 Å². The summed E-state index contributed by atoms with van der Waals surface area (Å²) < 4.78 is 5.23. The number of pyridine rings is 2. The van der Waals surface area contributed by atoms with Gasteiger partial charge in [0.25, 0.3) is 0 Å². The summed E-state index contributed by atoms with van der Waals surface area (Å²) in [5.74, 6) is 1.43. The van der Waals surface area contributed by atoms with E-state index < -0.39 is 0 Å². The SMILES string of the molecule is COc1ccc(Cc2cccc(C3CCN(C(=O)Cc4ccccn4)CC3)n2)cc1. The van der Waals surface area contributed by atoms with Crippen LogP contribution in [-0.4, -0.2) is 41.0 Å². The number of benzene rings is 1. The molecular weight excluding hydrogens is 374 g/mol. The quantitative estimate of drug-likeness (QED) is 0.626. The lowest BCUT2D eigenvalue weighted by Gasteiger charge is -2.32. The summed E-state index contributed by atoms with van der Waals surface area (Å²) >= 11 is 0. The third kappa shape index (κ3) is 5.03. The lowest BCUT2D eigenvalue weighted by Crippen LogP contribution is -2.39. The number of rotatable bonds is 6. The predicted molar refractivity (Wildman–Crippen MR) is 117 cm³/mol. The molecule has 1 aliphatic rings. The zero-order chi connectivity index (χ0) is 20.8. The molecule has 3 aromatic rings. The molecule has 154 valence electrons. The normalized spacial score (nSPS) is 14.5. The number of ether oxygens (including phenoxy) is 1. The zero-order valence-corrected chi connectivity index (χ0v) is 17.3. The number of piperidine rings is 1. The van der Waals surface area contributed by atoms with Crippen LogP contribution in [0.25, 0.3) is 0 Å². The van der Waals surface area contributed by atoms with E-state index in [-0.39, 0.29) is 5.91 Å². The molecule has 0 saturated carbocycles. The van der Waals surface area contributed by atoms with Crippen LogP contribution in [-0.2, 0) is 17.6 Å². The molecule has 0 N–H and O–H groups in total. The van der Waals surface area contributed by atoms with Crippen LogP contribution in [0.15, 0.2) is 66.9 Å². The van der Waals surface area contributed by atoms with Gasteiger partial charge in [-0.15, -0.1) is 0 Å². The lowest BCUT2D eigenvalue weighted by molar-refractivity contribution is -0.131. The fourth-order valence-electron chi connectivity index (χ4n) is 3.97. The second-order valence-corrected chi connectivity index (χ2v) is 7.73. The number of hydrogen-bond acceptors (Lipinski definition) is 4. The van der Waals surface area contributed by atoms with Crippen molar-refractivity contribution in [3.8, 4) is 5.75 Å². The van der Waals surface area contributed by atoms with Gasteiger partial charge in [0, 0.05) is 48.7 Å². The summed E-state index contributed by atoms with van der Waals surface area (Å²) in [4.78, 5) is 23.7. The van der Waals surface area contributed by atoms with Gasteiger partial charge < -0.3 is 9.64 Å². The topological polar surface area (TPSA) is 55.3 Å². The minimum Gasteiger partial charge on any atom is -0.497 e. The highest BCUT2D eigenvalue weighted by Gasteiger charge is 2.25. The van der Waals surface area contributed by atoms with Gasteiger partial charge in [0.05, 0.1) is 13.5 Å². The van der Waals surface area contributed by atoms with Crippen LogP contribution in [0.2, 0.25) is 0 Å². The van der Waals surface area contributed by atoms with Crippen molar-refractivity contribution >= 4 is 5.91 Å². The molecule has 1 saturated heterocycles. The highest BCUT2D eigenvalue weighted by Crippen LogP contribution is 2.27. The third-order valence-corrected chi connectivity index (χ3v) is 5.70. The van der Waals surface area contributed by atoms with Crippen molar-refractivity contribution in [3.05, 3.63) is 89.5 Å². The average molecular weight is 402 g/mol. The Hall–Kier alpha value is -3.21. The van der Waals surface area contributed by atoms with Crippen LogP contribution in [0.3, 0.4) is 0 Å². The Morgan fingerprint density at radius 2 is 1.77 bits per heavy atom. The number of carbonyl (C=O) groups is 1. The molecule has 0 radical (unpaired) electrons. The summed E-state index contributed by atoms with van der Waals surface area (Å²) in [6, 6.07) is 20.1. The Kier molecular flexibility index (Phi) is 6.38. The van der Waals surface area contributed by atoms with Crippen LogP contribution >= 0.6 is 0 Å². The van der Waals surface area contributed by atoms with E-state index in [4.69, 9.17) is 9.72 Å². The van der Waals surface area contributed by atoms with E-state index in [0.29, 0.717) is 12.3 Å². The van der Waals surface area contributed by atoms with Gasteiger partial charge in [0.15, 0.2) is 0 Å². The van der Waals surface area contributed by atoms with Crippen molar-refractivity contribution in [1.82, 2.24) is 14.9 Å². The highest BCUT2D eigenvalue weighted by molar-refractivity contribution is 5.78. The minimum absolute atomic E-state index is 0.161. The van der Waals surface area contributed by atoms with Gasteiger partial charge in [0.2, 0.25) is 5.91 Å². The molecule has 30 heavy (non-hydrogen) atoms. The summed E-state index contributed by atoms with van der Waals surface area (Å²) in [7, 11) is 1.68. The first-order valence-electron chi connectivity index (χ1n) is 10.5. The first kappa shape index (κ1) is 20.1. The summed E-state index contributed by atoms with van der Waals surface area (Å²) in [5.41, 5.74) is 4.26. The van der Waals surface area contributed by atoms with Crippen LogP contribution in [0.1, 0.15) is 41.4 Å². The first-order valence-corrected chi connectivity index (χ1v) is 10.5. The molecule has 0 spiro atoms. The van der Waals surface area contributed by atoms with E-state index in [0.717, 1.165) is 55.2 Å². The molecule has 0 bridgehead atoms.